The average molecular weight is 307 g/mol. The lowest BCUT2D eigenvalue weighted by Crippen LogP contribution is -1.81. The van der Waals surface area contributed by atoms with Gasteiger partial charge in [-0.3, -0.25) is 0 Å². The molecule has 0 amide bonds. The molecule has 0 aliphatic heterocycles. The number of H-pyrrole nitrogens is 1. The molecule has 0 aliphatic carbocycles. The van der Waals surface area contributed by atoms with Crippen molar-refractivity contribution < 1.29 is 10.2 Å². The molecular weight excluding hydrogens is 294 g/mol. The monoisotopic (exact) mass is 307 g/mol. The SMILES string of the molecule is Oc1ccccc1C=Nc1n[nH]c(N=Cc2ccccc2O)n1. The Hall–Kier alpha value is -3.48. The van der Waals surface area contributed by atoms with Crippen LogP contribution in [-0.4, -0.2) is 37.8 Å². The molecule has 0 bridgehead atoms. The number of phenolic OH excluding ortho intramolecular Hbond substituents is 2. The van der Waals surface area contributed by atoms with Gasteiger partial charge in [0.25, 0.3) is 5.95 Å². The van der Waals surface area contributed by atoms with Crippen LogP contribution in [0.15, 0.2) is 58.5 Å². The number of para-hydroxylation sites is 2. The lowest BCUT2D eigenvalue weighted by Gasteiger charge is -1.95. The molecule has 0 saturated heterocycles. The molecule has 2 aromatic carbocycles. The van der Waals surface area contributed by atoms with Gasteiger partial charge >= 0.3 is 0 Å². The van der Waals surface area contributed by atoms with Gasteiger partial charge in [-0.15, -0.1) is 5.10 Å². The molecule has 0 aliphatic rings. The Bertz CT molecular complexity index is 800. The maximum absolute atomic E-state index is 9.65. The van der Waals surface area contributed by atoms with Crippen molar-refractivity contribution in [2.24, 2.45) is 9.98 Å². The van der Waals surface area contributed by atoms with E-state index < -0.39 is 0 Å². The van der Waals surface area contributed by atoms with Crippen molar-refractivity contribution in [3.05, 3.63) is 59.7 Å². The summed E-state index contributed by atoms with van der Waals surface area (Å²) in [6.07, 6.45) is 2.95. The first kappa shape index (κ1) is 14.5. The second kappa shape index (κ2) is 6.52. The van der Waals surface area contributed by atoms with E-state index in [4.69, 9.17) is 0 Å². The molecular formula is C16H13N5O2. The fourth-order valence-electron chi connectivity index (χ4n) is 1.81. The molecule has 7 heteroatoms. The number of hydrogen-bond acceptors (Lipinski definition) is 6. The Morgan fingerprint density at radius 2 is 1.39 bits per heavy atom. The van der Waals surface area contributed by atoms with Crippen molar-refractivity contribution in [3.8, 4) is 11.5 Å². The minimum atomic E-state index is 0.129. The van der Waals surface area contributed by atoms with Crippen LogP contribution in [0.4, 0.5) is 11.9 Å². The van der Waals surface area contributed by atoms with Gasteiger partial charge in [0.2, 0.25) is 5.95 Å². The third-order valence-corrected chi connectivity index (χ3v) is 2.98. The van der Waals surface area contributed by atoms with Gasteiger partial charge in [0.05, 0.1) is 0 Å². The standard InChI is InChI=1S/C16H13N5O2/c22-13-7-3-1-5-11(13)9-17-15-19-16(21-20-15)18-10-12-6-2-4-8-14(12)23/h1-10,22-23H,(H,19,20,21). The highest BCUT2D eigenvalue weighted by Gasteiger charge is 2.01. The molecule has 0 atom stereocenters. The van der Waals surface area contributed by atoms with E-state index in [0.29, 0.717) is 11.1 Å². The number of nitrogens with zero attached hydrogens (tertiary/aromatic N) is 4. The number of hydrogen-bond donors (Lipinski definition) is 3. The van der Waals surface area contributed by atoms with Gasteiger partial charge in [-0.1, -0.05) is 24.3 Å². The summed E-state index contributed by atoms with van der Waals surface area (Å²) >= 11 is 0. The van der Waals surface area contributed by atoms with Crippen molar-refractivity contribution in [3.63, 3.8) is 0 Å². The summed E-state index contributed by atoms with van der Waals surface area (Å²) in [5, 5.41) is 25.8. The molecule has 23 heavy (non-hydrogen) atoms. The third kappa shape index (κ3) is 3.59. The van der Waals surface area contributed by atoms with Crippen molar-refractivity contribution in [1.29, 1.82) is 0 Å². The minimum absolute atomic E-state index is 0.129. The predicted molar refractivity (Wildman–Crippen MR) is 87.1 cm³/mol. The topological polar surface area (TPSA) is 107 Å². The highest BCUT2D eigenvalue weighted by atomic mass is 16.3. The first-order valence-electron chi connectivity index (χ1n) is 6.79. The zero-order valence-corrected chi connectivity index (χ0v) is 12.0. The number of aromatic hydroxyl groups is 2. The van der Waals surface area contributed by atoms with E-state index in [1.807, 2.05) is 0 Å². The van der Waals surface area contributed by atoms with Crippen molar-refractivity contribution >= 4 is 24.3 Å². The van der Waals surface area contributed by atoms with Crippen molar-refractivity contribution in [1.82, 2.24) is 15.2 Å². The number of aromatic nitrogens is 3. The molecule has 1 heterocycles. The Kier molecular flexibility index (Phi) is 4.10. The summed E-state index contributed by atoms with van der Waals surface area (Å²) in [5.41, 5.74) is 1.14. The van der Waals surface area contributed by atoms with Gasteiger partial charge in [0, 0.05) is 23.6 Å². The number of nitrogens with one attached hydrogen (secondary N) is 1. The summed E-state index contributed by atoms with van der Waals surface area (Å²) in [7, 11) is 0. The van der Waals surface area contributed by atoms with E-state index in [1.165, 1.54) is 12.4 Å². The zero-order chi connectivity index (χ0) is 16.1. The lowest BCUT2D eigenvalue weighted by atomic mass is 10.2. The molecule has 1 aromatic heterocycles. The molecule has 3 rings (SSSR count). The number of aromatic amines is 1. The highest BCUT2D eigenvalue weighted by Crippen LogP contribution is 2.16. The number of rotatable bonds is 4. The quantitative estimate of drug-likeness (QED) is 0.644. The largest absolute Gasteiger partial charge is 0.507 e. The van der Waals surface area contributed by atoms with E-state index in [1.54, 1.807) is 48.5 Å². The smallest absolute Gasteiger partial charge is 0.269 e. The summed E-state index contributed by atoms with van der Waals surface area (Å²) in [4.78, 5) is 12.2. The second-order valence-electron chi connectivity index (χ2n) is 4.59. The maximum atomic E-state index is 9.65. The van der Waals surface area contributed by atoms with Gasteiger partial charge in [0.15, 0.2) is 0 Å². The van der Waals surface area contributed by atoms with Crippen molar-refractivity contribution in [2.45, 2.75) is 0 Å². The van der Waals surface area contributed by atoms with Gasteiger partial charge < -0.3 is 10.2 Å². The molecule has 0 unspecified atom stereocenters. The number of benzene rings is 2. The van der Waals surface area contributed by atoms with Crippen LogP contribution < -0.4 is 0 Å². The molecule has 3 aromatic rings. The Balaban J connectivity index is 1.74. The molecule has 7 nitrogen and oxygen atoms in total. The summed E-state index contributed by atoms with van der Waals surface area (Å²) in [6, 6.07) is 13.6. The van der Waals surface area contributed by atoms with Crippen LogP contribution in [0.3, 0.4) is 0 Å². The van der Waals surface area contributed by atoms with Crippen molar-refractivity contribution in [2.75, 3.05) is 0 Å². The number of aliphatic imine (C=N–C) groups is 2. The van der Waals surface area contributed by atoms with E-state index in [9.17, 15) is 10.2 Å². The Morgan fingerprint density at radius 3 is 2.00 bits per heavy atom. The highest BCUT2D eigenvalue weighted by molar-refractivity contribution is 5.85. The fraction of sp³-hybridized carbons (Fsp3) is 0. The molecule has 114 valence electrons. The van der Waals surface area contributed by atoms with Gasteiger partial charge in [-0.05, 0) is 24.3 Å². The summed E-state index contributed by atoms with van der Waals surface area (Å²) in [6.45, 7) is 0. The molecule has 0 saturated carbocycles. The van der Waals surface area contributed by atoms with Crippen LogP contribution >= 0.6 is 0 Å². The predicted octanol–water partition coefficient (Wildman–Crippen LogP) is 2.72. The molecule has 0 radical (unpaired) electrons. The Morgan fingerprint density at radius 1 is 0.826 bits per heavy atom. The van der Waals surface area contributed by atoms with E-state index >= 15 is 0 Å². The van der Waals surface area contributed by atoms with Gasteiger partial charge in [-0.2, -0.15) is 4.98 Å². The average Bonchev–Trinajstić information content (AvgIpc) is 3.01. The van der Waals surface area contributed by atoms with Crippen LogP contribution in [0.25, 0.3) is 0 Å². The summed E-state index contributed by atoms with van der Waals surface area (Å²) in [5.74, 6) is 0.716. The van der Waals surface area contributed by atoms with Crippen LogP contribution in [0, 0.1) is 0 Å². The van der Waals surface area contributed by atoms with E-state index in [-0.39, 0.29) is 23.4 Å². The van der Waals surface area contributed by atoms with E-state index in [0.717, 1.165) is 0 Å². The first-order valence-corrected chi connectivity index (χ1v) is 6.79. The normalized spacial score (nSPS) is 11.5. The summed E-state index contributed by atoms with van der Waals surface area (Å²) < 4.78 is 0. The van der Waals surface area contributed by atoms with Crippen LogP contribution in [0.1, 0.15) is 11.1 Å². The molecule has 3 N–H and O–H groups in total. The maximum Gasteiger partial charge on any atom is 0.269 e. The van der Waals surface area contributed by atoms with Crippen LogP contribution in [-0.2, 0) is 0 Å². The van der Waals surface area contributed by atoms with E-state index in [2.05, 4.69) is 25.2 Å². The lowest BCUT2D eigenvalue weighted by molar-refractivity contribution is 0.474. The molecule has 0 fully saturated rings. The van der Waals surface area contributed by atoms with Gasteiger partial charge in [-0.25, -0.2) is 15.1 Å². The Labute approximate surface area is 131 Å². The van der Waals surface area contributed by atoms with Crippen LogP contribution in [0.5, 0.6) is 11.5 Å². The fourth-order valence-corrected chi connectivity index (χ4v) is 1.81. The van der Waals surface area contributed by atoms with Crippen LogP contribution in [0.2, 0.25) is 0 Å². The zero-order valence-electron chi connectivity index (χ0n) is 12.0. The second-order valence-corrected chi connectivity index (χ2v) is 4.59. The van der Waals surface area contributed by atoms with Gasteiger partial charge in [0.1, 0.15) is 11.5 Å². The molecule has 0 spiro atoms. The number of phenols is 2. The third-order valence-electron chi connectivity index (χ3n) is 2.98. The minimum Gasteiger partial charge on any atom is -0.507 e. The first-order chi connectivity index (χ1) is 11.2.